The molecule has 0 bridgehead atoms. The summed E-state index contributed by atoms with van der Waals surface area (Å²) in [6.07, 6.45) is 11.5. The Hall–Kier alpha value is -2.86. The first-order valence-electron chi connectivity index (χ1n) is 9.15. The molecule has 130 valence electrons. The monoisotopic (exact) mass is 338 g/mol. The first-order chi connectivity index (χ1) is 12.7. The standard InChI is InChI=1S/C26H26/c1-5-8-10-15-20(4)26(21-16-11-9-12-17-21)24(7-3)22(6-2)23-18-13-14-19-25(23)26/h5-9,11-19H,2-3,10H2,1,4H3/b8-5-,20-15+. The average molecular weight is 338 g/mol. The Bertz CT molecular complexity index is 906. The number of rotatable bonds is 6. The van der Waals surface area contributed by atoms with Gasteiger partial charge in [0.1, 0.15) is 0 Å². The van der Waals surface area contributed by atoms with Gasteiger partial charge in [0.05, 0.1) is 5.41 Å². The normalized spacial score (nSPS) is 19.7. The van der Waals surface area contributed by atoms with Crippen molar-refractivity contribution in [2.24, 2.45) is 0 Å². The number of benzene rings is 2. The van der Waals surface area contributed by atoms with Crippen LogP contribution in [0.1, 0.15) is 37.0 Å². The van der Waals surface area contributed by atoms with Crippen molar-refractivity contribution in [2.75, 3.05) is 0 Å². The van der Waals surface area contributed by atoms with Crippen LogP contribution in [0.25, 0.3) is 5.57 Å². The summed E-state index contributed by atoms with van der Waals surface area (Å²) in [5, 5.41) is 0. The molecule has 1 aliphatic rings. The van der Waals surface area contributed by atoms with Crippen LogP contribution in [0.3, 0.4) is 0 Å². The van der Waals surface area contributed by atoms with Gasteiger partial charge < -0.3 is 0 Å². The van der Waals surface area contributed by atoms with Gasteiger partial charge >= 0.3 is 0 Å². The minimum absolute atomic E-state index is 0.315. The van der Waals surface area contributed by atoms with Crippen molar-refractivity contribution in [1.82, 2.24) is 0 Å². The summed E-state index contributed by atoms with van der Waals surface area (Å²) in [5.41, 5.74) is 7.23. The van der Waals surface area contributed by atoms with E-state index in [1.807, 2.05) is 12.2 Å². The van der Waals surface area contributed by atoms with Crippen LogP contribution in [0.2, 0.25) is 0 Å². The van der Waals surface area contributed by atoms with E-state index in [9.17, 15) is 0 Å². The highest BCUT2D eigenvalue weighted by Crippen LogP contribution is 2.55. The lowest BCUT2D eigenvalue weighted by Crippen LogP contribution is -2.29. The van der Waals surface area contributed by atoms with Gasteiger partial charge in [-0.15, -0.1) is 0 Å². The number of hydrogen-bond acceptors (Lipinski definition) is 0. The Balaban J connectivity index is 2.41. The van der Waals surface area contributed by atoms with Gasteiger partial charge in [0.25, 0.3) is 0 Å². The Kier molecular flexibility index (Phi) is 5.23. The van der Waals surface area contributed by atoms with E-state index >= 15 is 0 Å². The number of fused-ring (bicyclic) bond motifs is 1. The van der Waals surface area contributed by atoms with Crippen molar-refractivity contribution in [1.29, 1.82) is 0 Å². The van der Waals surface area contributed by atoms with Crippen LogP contribution in [0.5, 0.6) is 0 Å². The van der Waals surface area contributed by atoms with E-state index in [2.05, 4.69) is 99.8 Å². The molecule has 0 saturated carbocycles. The van der Waals surface area contributed by atoms with Crippen molar-refractivity contribution in [3.05, 3.63) is 126 Å². The molecular formula is C26H26. The van der Waals surface area contributed by atoms with Crippen molar-refractivity contribution in [3.63, 3.8) is 0 Å². The van der Waals surface area contributed by atoms with Gasteiger partial charge in [-0.1, -0.05) is 104 Å². The summed E-state index contributed by atoms with van der Waals surface area (Å²) in [6, 6.07) is 19.4. The maximum Gasteiger partial charge on any atom is 0.0670 e. The van der Waals surface area contributed by atoms with Crippen LogP contribution in [-0.2, 0) is 5.41 Å². The highest BCUT2D eigenvalue weighted by atomic mass is 14.5. The van der Waals surface area contributed by atoms with Crippen molar-refractivity contribution in [3.8, 4) is 0 Å². The molecule has 2 aromatic rings. The van der Waals surface area contributed by atoms with Crippen molar-refractivity contribution in [2.45, 2.75) is 25.7 Å². The molecule has 3 rings (SSSR count). The number of allylic oxidation sites excluding steroid dienone is 8. The fourth-order valence-electron chi connectivity index (χ4n) is 4.21. The van der Waals surface area contributed by atoms with Crippen LogP contribution in [0.4, 0.5) is 0 Å². The second kappa shape index (κ2) is 7.58. The smallest absolute Gasteiger partial charge is 0.0670 e. The van der Waals surface area contributed by atoms with Gasteiger partial charge in [-0.05, 0) is 48.1 Å². The quantitative estimate of drug-likeness (QED) is 0.496. The van der Waals surface area contributed by atoms with E-state index in [0.717, 1.165) is 6.42 Å². The largest absolute Gasteiger partial charge is 0.0987 e. The molecule has 0 aromatic heterocycles. The molecule has 0 N–H and O–H groups in total. The molecule has 0 spiro atoms. The predicted molar refractivity (Wildman–Crippen MR) is 114 cm³/mol. The third kappa shape index (κ3) is 2.63. The molecule has 0 radical (unpaired) electrons. The van der Waals surface area contributed by atoms with E-state index in [0.29, 0.717) is 0 Å². The molecule has 0 amide bonds. The molecule has 0 saturated heterocycles. The molecule has 26 heavy (non-hydrogen) atoms. The summed E-state index contributed by atoms with van der Waals surface area (Å²) in [5.74, 6) is 0. The Morgan fingerprint density at radius 3 is 2.31 bits per heavy atom. The lowest BCUT2D eigenvalue weighted by atomic mass is 9.66. The van der Waals surface area contributed by atoms with Crippen LogP contribution >= 0.6 is 0 Å². The molecule has 0 heterocycles. The second-order valence-corrected chi connectivity index (χ2v) is 6.59. The van der Waals surface area contributed by atoms with Crippen molar-refractivity contribution >= 4 is 5.57 Å². The van der Waals surface area contributed by atoms with Gasteiger partial charge in [-0.3, -0.25) is 0 Å². The Labute approximate surface area is 157 Å². The molecule has 1 unspecified atom stereocenters. The molecule has 1 atom stereocenters. The molecule has 1 aliphatic carbocycles. The predicted octanol–water partition coefficient (Wildman–Crippen LogP) is 7.02. The van der Waals surface area contributed by atoms with Crippen LogP contribution in [0, 0.1) is 0 Å². The maximum absolute atomic E-state index is 4.18. The van der Waals surface area contributed by atoms with Gasteiger partial charge in [0.2, 0.25) is 0 Å². The molecule has 0 heteroatoms. The molecular weight excluding hydrogens is 312 g/mol. The topological polar surface area (TPSA) is 0 Å². The van der Waals surface area contributed by atoms with Gasteiger partial charge in [0, 0.05) is 0 Å². The number of hydrogen-bond donors (Lipinski definition) is 0. The second-order valence-electron chi connectivity index (χ2n) is 6.59. The fourth-order valence-corrected chi connectivity index (χ4v) is 4.21. The SMILES string of the molecule is C=CC1=C(C=C)C(/C(C)=C/C/C=C\C)(c2ccccc2)c2ccccc21. The van der Waals surface area contributed by atoms with Gasteiger partial charge in [0.15, 0.2) is 0 Å². The van der Waals surface area contributed by atoms with Crippen LogP contribution in [0.15, 0.2) is 109 Å². The zero-order chi connectivity index (χ0) is 18.6. The summed E-state index contributed by atoms with van der Waals surface area (Å²) in [7, 11) is 0. The Morgan fingerprint density at radius 1 is 0.962 bits per heavy atom. The lowest BCUT2D eigenvalue weighted by molar-refractivity contribution is 0.736. The first-order valence-corrected chi connectivity index (χ1v) is 9.15. The minimum atomic E-state index is -0.315. The first kappa shape index (κ1) is 17.9. The van der Waals surface area contributed by atoms with Gasteiger partial charge in [-0.25, -0.2) is 0 Å². The maximum atomic E-state index is 4.18. The highest BCUT2D eigenvalue weighted by Gasteiger charge is 2.45. The lowest BCUT2D eigenvalue weighted by Gasteiger charge is -2.35. The minimum Gasteiger partial charge on any atom is -0.0987 e. The zero-order valence-corrected chi connectivity index (χ0v) is 15.7. The molecule has 0 aliphatic heterocycles. The summed E-state index contributed by atoms with van der Waals surface area (Å²) in [6.45, 7) is 12.6. The summed E-state index contributed by atoms with van der Waals surface area (Å²) in [4.78, 5) is 0. The van der Waals surface area contributed by atoms with E-state index in [1.165, 1.54) is 33.4 Å². The Morgan fingerprint density at radius 2 is 1.65 bits per heavy atom. The van der Waals surface area contributed by atoms with E-state index in [-0.39, 0.29) is 5.41 Å². The van der Waals surface area contributed by atoms with Crippen LogP contribution < -0.4 is 0 Å². The van der Waals surface area contributed by atoms with Crippen molar-refractivity contribution < 1.29 is 0 Å². The molecule has 2 aromatic carbocycles. The van der Waals surface area contributed by atoms with Gasteiger partial charge in [-0.2, -0.15) is 0 Å². The zero-order valence-electron chi connectivity index (χ0n) is 15.7. The molecule has 0 nitrogen and oxygen atoms in total. The molecule has 0 fully saturated rings. The summed E-state index contributed by atoms with van der Waals surface area (Å²) >= 11 is 0. The average Bonchev–Trinajstić information content (AvgIpc) is 2.99. The van der Waals surface area contributed by atoms with Crippen LogP contribution in [-0.4, -0.2) is 0 Å². The summed E-state index contributed by atoms with van der Waals surface area (Å²) < 4.78 is 0. The van der Waals surface area contributed by atoms with E-state index in [1.54, 1.807) is 0 Å². The van der Waals surface area contributed by atoms with E-state index in [4.69, 9.17) is 0 Å². The third-order valence-corrected chi connectivity index (χ3v) is 5.32. The van der Waals surface area contributed by atoms with E-state index < -0.39 is 0 Å². The highest BCUT2D eigenvalue weighted by molar-refractivity contribution is 5.91. The fraction of sp³-hybridized carbons (Fsp3) is 0.154. The third-order valence-electron chi connectivity index (χ3n) is 5.32.